The van der Waals surface area contributed by atoms with E-state index < -0.39 is 6.36 Å². The quantitative estimate of drug-likeness (QED) is 0.710. The van der Waals surface area contributed by atoms with E-state index in [1.807, 2.05) is 19.0 Å². The van der Waals surface area contributed by atoms with Gasteiger partial charge in [-0.05, 0) is 20.2 Å². The molecule has 0 saturated heterocycles. The molecule has 0 unspecified atom stereocenters. The van der Waals surface area contributed by atoms with E-state index in [1.165, 1.54) is 12.1 Å². The zero-order valence-electron chi connectivity index (χ0n) is 12.2. The van der Waals surface area contributed by atoms with Crippen LogP contribution in [-0.4, -0.2) is 51.7 Å². The molecule has 1 aromatic rings. The molecule has 4 nitrogen and oxygen atoms in total. The fourth-order valence-corrected chi connectivity index (χ4v) is 1.59. The Morgan fingerprint density at radius 1 is 1.14 bits per heavy atom. The van der Waals surface area contributed by atoms with Crippen LogP contribution >= 0.6 is 0 Å². The average Bonchev–Trinajstić information content (AvgIpc) is 2.37. The Morgan fingerprint density at radius 3 is 2.52 bits per heavy atom. The molecule has 7 heteroatoms. The summed E-state index contributed by atoms with van der Waals surface area (Å²) in [5, 5.41) is 3.03. The summed E-state index contributed by atoms with van der Waals surface area (Å²) in [6.07, 6.45) is -4.68. The lowest BCUT2D eigenvalue weighted by Gasteiger charge is -2.14. The predicted octanol–water partition coefficient (Wildman–Crippen LogP) is 2.25. The molecule has 0 spiro atoms. The lowest BCUT2D eigenvalue weighted by atomic mass is 10.2. The van der Waals surface area contributed by atoms with Gasteiger partial charge in [-0.15, -0.1) is 13.2 Å². The first-order chi connectivity index (χ1) is 9.88. The molecule has 0 radical (unpaired) electrons. The molecule has 0 saturated carbocycles. The molecule has 1 N–H and O–H groups in total. The second-order valence-corrected chi connectivity index (χ2v) is 4.75. The third-order valence-electron chi connectivity index (χ3n) is 2.62. The molecule has 120 valence electrons. The smallest absolute Gasteiger partial charge is 0.405 e. The molecular formula is C14H21F3N2O2. The van der Waals surface area contributed by atoms with Crippen LogP contribution in [0, 0.1) is 0 Å². The minimum atomic E-state index is -4.68. The summed E-state index contributed by atoms with van der Waals surface area (Å²) in [6.45, 7) is 2.83. The summed E-state index contributed by atoms with van der Waals surface area (Å²) in [4.78, 5) is 2.01. The van der Waals surface area contributed by atoms with Crippen molar-refractivity contribution in [2.24, 2.45) is 0 Å². The number of nitrogens with zero attached hydrogens (tertiary/aromatic N) is 1. The molecule has 0 fully saturated rings. The maximum Gasteiger partial charge on any atom is 0.573 e. The first kappa shape index (κ1) is 17.7. The van der Waals surface area contributed by atoms with Crippen molar-refractivity contribution < 1.29 is 22.6 Å². The van der Waals surface area contributed by atoms with E-state index in [0.29, 0.717) is 31.9 Å². The second-order valence-electron chi connectivity index (χ2n) is 4.75. The molecule has 0 aliphatic heterocycles. The first-order valence-electron chi connectivity index (χ1n) is 6.65. The third kappa shape index (κ3) is 8.54. The minimum absolute atomic E-state index is 0.175. The SMILES string of the molecule is CN(C)CCOCCNCc1ccccc1OC(F)(F)F. The molecule has 21 heavy (non-hydrogen) atoms. The van der Waals surface area contributed by atoms with E-state index in [-0.39, 0.29) is 5.75 Å². The van der Waals surface area contributed by atoms with Crippen LogP contribution in [0.2, 0.25) is 0 Å². The summed E-state index contributed by atoms with van der Waals surface area (Å²) < 4.78 is 46.1. The number of ether oxygens (including phenoxy) is 2. The molecule has 0 atom stereocenters. The maximum absolute atomic E-state index is 12.2. The topological polar surface area (TPSA) is 33.7 Å². The highest BCUT2D eigenvalue weighted by atomic mass is 19.4. The number of likely N-dealkylation sites (N-methyl/N-ethyl adjacent to an activating group) is 1. The third-order valence-corrected chi connectivity index (χ3v) is 2.62. The normalized spacial score (nSPS) is 11.9. The number of hydrogen-bond donors (Lipinski definition) is 1. The largest absolute Gasteiger partial charge is 0.573 e. The zero-order chi connectivity index (χ0) is 15.7. The van der Waals surface area contributed by atoms with Gasteiger partial charge in [0.1, 0.15) is 5.75 Å². The van der Waals surface area contributed by atoms with Crippen LogP contribution in [0.15, 0.2) is 24.3 Å². The van der Waals surface area contributed by atoms with Gasteiger partial charge in [0.15, 0.2) is 0 Å². The van der Waals surface area contributed by atoms with Gasteiger partial charge in [-0.25, -0.2) is 0 Å². The highest BCUT2D eigenvalue weighted by Gasteiger charge is 2.31. The number of nitrogens with one attached hydrogen (secondary N) is 1. The Balaban J connectivity index is 2.29. The average molecular weight is 306 g/mol. The van der Waals surface area contributed by atoms with Crippen molar-refractivity contribution in [1.29, 1.82) is 0 Å². The molecule has 0 aliphatic rings. The molecule has 1 aromatic carbocycles. The van der Waals surface area contributed by atoms with E-state index in [4.69, 9.17) is 4.74 Å². The first-order valence-corrected chi connectivity index (χ1v) is 6.65. The van der Waals surface area contributed by atoms with Crippen LogP contribution in [0.25, 0.3) is 0 Å². The number of alkyl halides is 3. The fraction of sp³-hybridized carbons (Fsp3) is 0.571. The van der Waals surface area contributed by atoms with Gasteiger partial charge in [0.2, 0.25) is 0 Å². The van der Waals surface area contributed by atoms with Gasteiger partial charge in [-0.1, -0.05) is 18.2 Å². The van der Waals surface area contributed by atoms with Crippen LogP contribution < -0.4 is 10.1 Å². The lowest BCUT2D eigenvalue weighted by Crippen LogP contribution is -2.24. The van der Waals surface area contributed by atoms with Crippen molar-refractivity contribution >= 4 is 0 Å². The van der Waals surface area contributed by atoms with Gasteiger partial charge in [0.05, 0.1) is 13.2 Å². The van der Waals surface area contributed by atoms with Crippen molar-refractivity contribution in [2.45, 2.75) is 12.9 Å². The van der Waals surface area contributed by atoms with E-state index >= 15 is 0 Å². The Morgan fingerprint density at radius 2 is 1.86 bits per heavy atom. The Labute approximate surface area is 122 Å². The number of hydrogen-bond acceptors (Lipinski definition) is 4. The number of para-hydroxylation sites is 1. The van der Waals surface area contributed by atoms with Crippen molar-refractivity contribution in [3.63, 3.8) is 0 Å². The minimum Gasteiger partial charge on any atom is -0.405 e. The van der Waals surface area contributed by atoms with Crippen LogP contribution in [0.5, 0.6) is 5.75 Å². The summed E-state index contributed by atoms with van der Waals surface area (Å²) in [5.41, 5.74) is 0.461. The van der Waals surface area contributed by atoms with E-state index in [9.17, 15) is 13.2 Å². The Hall–Kier alpha value is -1.31. The summed E-state index contributed by atoms with van der Waals surface area (Å²) >= 11 is 0. The van der Waals surface area contributed by atoms with E-state index in [1.54, 1.807) is 12.1 Å². The Kier molecular flexibility index (Phi) is 7.49. The Bertz CT molecular complexity index is 411. The van der Waals surface area contributed by atoms with Gasteiger partial charge in [-0.3, -0.25) is 0 Å². The van der Waals surface area contributed by atoms with Crippen molar-refractivity contribution in [1.82, 2.24) is 10.2 Å². The number of rotatable bonds is 9. The van der Waals surface area contributed by atoms with Gasteiger partial charge in [-0.2, -0.15) is 0 Å². The predicted molar refractivity (Wildman–Crippen MR) is 74.2 cm³/mol. The summed E-state index contributed by atoms with van der Waals surface area (Å²) in [5.74, 6) is -0.175. The molecule has 0 heterocycles. The number of halogens is 3. The molecule has 1 rings (SSSR count). The highest BCUT2D eigenvalue weighted by molar-refractivity contribution is 5.33. The fourth-order valence-electron chi connectivity index (χ4n) is 1.59. The van der Waals surface area contributed by atoms with Gasteiger partial charge < -0.3 is 19.7 Å². The summed E-state index contributed by atoms with van der Waals surface area (Å²) in [7, 11) is 3.92. The van der Waals surface area contributed by atoms with Crippen LogP contribution in [-0.2, 0) is 11.3 Å². The van der Waals surface area contributed by atoms with Crippen molar-refractivity contribution in [3.05, 3.63) is 29.8 Å². The molecule has 0 amide bonds. The van der Waals surface area contributed by atoms with Crippen LogP contribution in [0.3, 0.4) is 0 Å². The number of benzene rings is 1. The second kappa shape index (κ2) is 8.86. The lowest BCUT2D eigenvalue weighted by molar-refractivity contribution is -0.274. The molecule has 0 bridgehead atoms. The summed E-state index contributed by atoms with van der Waals surface area (Å²) in [6, 6.07) is 6.09. The highest BCUT2D eigenvalue weighted by Crippen LogP contribution is 2.25. The molecular weight excluding hydrogens is 285 g/mol. The zero-order valence-corrected chi connectivity index (χ0v) is 12.2. The molecule has 0 aromatic heterocycles. The van der Waals surface area contributed by atoms with Crippen molar-refractivity contribution in [3.8, 4) is 5.75 Å². The van der Waals surface area contributed by atoms with Gasteiger partial charge in [0.25, 0.3) is 0 Å². The monoisotopic (exact) mass is 306 g/mol. The van der Waals surface area contributed by atoms with Crippen LogP contribution in [0.1, 0.15) is 5.56 Å². The maximum atomic E-state index is 12.2. The van der Waals surface area contributed by atoms with E-state index in [2.05, 4.69) is 10.1 Å². The van der Waals surface area contributed by atoms with Crippen LogP contribution in [0.4, 0.5) is 13.2 Å². The van der Waals surface area contributed by atoms with Gasteiger partial charge >= 0.3 is 6.36 Å². The van der Waals surface area contributed by atoms with Crippen molar-refractivity contribution in [2.75, 3.05) is 40.4 Å². The van der Waals surface area contributed by atoms with E-state index in [0.717, 1.165) is 6.54 Å². The molecule has 0 aliphatic carbocycles. The standard InChI is InChI=1S/C14H21F3N2O2/c1-19(2)8-10-20-9-7-18-11-12-5-3-4-6-13(12)21-14(15,16)17/h3-6,18H,7-11H2,1-2H3. The van der Waals surface area contributed by atoms with Gasteiger partial charge in [0, 0.05) is 25.2 Å².